The normalized spacial score (nSPS) is 17.3. The fourth-order valence-corrected chi connectivity index (χ4v) is 6.34. The first-order chi connectivity index (χ1) is 18.9. The summed E-state index contributed by atoms with van der Waals surface area (Å²) in [4.78, 5) is 34.9. The van der Waals surface area contributed by atoms with Crippen molar-refractivity contribution >= 4 is 29.1 Å². The quantitative estimate of drug-likeness (QED) is 0.318. The molecule has 204 valence electrons. The molecule has 8 nitrogen and oxygen atoms in total. The highest BCUT2D eigenvalue weighted by atomic mass is 32.1. The van der Waals surface area contributed by atoms with Crippen molar-refractivity contribution in [2.45, 2.75) is 32.7 Å². The number of esters is 1. The molecule has 0 radical (unpaired) electrons. The van der Waals surface area contributed by atoms with E-state index in [0.29, 0.717) is 31.9 Å². The third kappa shape index (κ3) is 5.29. The zero-order valence-electron chi connectivity index (χ0n) is 22.7. The number of anilines is 1. The van der Waals surface area contributed by atoms with Gasteiger partial charge in [-0.25, -0.2) is 9.79 Å². The maximum absolute atomic E-state index is 13.9. The van der Waals surface area contributed by atoms with Gasteiger partial charge in [0.15, 0.2) is 4.80 Å². The van der Waals surface area contributed by atoms with Crippen LogP contribution < -0.4 is 24.5 Å². The summed E-state index contributed by atoms with van der Waals surface area (Å²) in [7, 11) is 3.12. The number of hydrogen-bond donors (Lipinski definition) is 0. The van der Waals surface area contributed by atoms with Gasteiger partial charge in [0, 0.05) is 31.5 Å². The van der Waals surface area contributed by atoms with Gasteiger partial charge in [0.25, 0.3) is 5.56 Å². The zero-order valence-corrected chi connectivity index (χ0v) is 23.5. The van der Waals surface area contributed by atoms with Crippen LogP contribution in [0.15, 0.2) is 63.5 Å². The molecule has 2 aliphatic rings. The van der Waals surface area contributed by atoms with E-state index >= 15 is 0 Å². The Bertz CT molecular complexity index is 1600. The molecule has 3 heterocycles. The van der Waals surface area contributed by atoms with Gasteiger partial charge in [-0.1, -0.05) is 35.6 Å². The van der Waals surface area contributed by atoms with E-state index in [2.05, 4.69) is 35.0 Å². The first kappa shape index (κ1) is 26.9. The molecule has 2 aliphatic heterocycles. The van der Waals surface area contributed by atoms with Gasteiger partial charge in [0.1, 0.15) is 18.4 Å². The molecule has 1 unspecified atom stereocenters. The lowest BCUT2D eigenvalue weighted by Crippen LogP contribution is -2.40. The van der Waals surface area contributed by atoms with E-state index in [4.69, 9.17) is 14.2 Å². The van der Waals surface area contributed by atoms with Crippen molar-refractivity contribution < 1.29 is 19.0 Å². The lowest BCUT2D eigenvalue weighted by molar-refractivity contribution is -0.140. The molecule has 3 aromatic rings. The molecule has 2 aromatic carbocycles. The molecular weight excluding hydrogens is 514 g/mol. The Balaban J connectivity index is 1.62. The van der Waals surface area contributed by atoms with Crippen molar-refractivity contribution in [2.24, 2.45) is 4.99 Å². The first-order valence-electron chi connectivity index (χ1n) is 13.1. The number of rotatable bonds is 8. The highest BCUT2D eigenvalue weighted by molar-refractivity contribution is 7.07. The molecule has 9 heteroatoms. The predicted molar refractivity (Wildman–Crippen MR) is 152 cm³/mol. The van der Waals surface area contributed by atoms with Crippen LogP contribution in [-0.2, 0) is 14.3 Å². The van der Waals surface area contributed by atoms with Crippen molar-refractivity contribution in [1.82, 2.24) is 4.57 Å². The molecule has 5 rings (SSSR count). The Kier molecular flexibility index (Phi) is 7.99. The first-order valence-corrected chi connectivity index (χ1v) is 13.9. The van der Waals surface area contributed by atoms with E-state index in [-0.39, 0.29) is 18.8 Å². The lowest BCUT2D eigenvalue weighted by Gasteiger charge is -2.26. The van der Waals surface area contributed by atoms with Crippen molar-refractivity contribution in [2.75, 3.05) is 45.4 Å². The van der Waals surface area contributed by atoms with Crippen LogP contribution in [0.25, 0.3) is 6.08 Å². The van der Waals surface area contributed by atoms with Crippen molar-refractivity contribution in [3.63, 3.8) is 0 Å². The van der Waals surface area contributed by atoms with Crippen LogP contribution in [0.1, 0.15) is 42.5 Å². The Labute approximate surface area is 231 Å². The summed E-state index contributed by atoms with van der Waals surface area (Å²) in [6.45, 7) is 6.41. The number of aryl methyl sites for hydroxylation is 1. The van der Waals surface area contributed by atoms with E-state index in [1.54, 1.807) is 25.7 Å². The number of aromatic nitrogens is 1. The SMILES string of the molecule is COCCOC(=O)C1=C(C)N=c2sc(=Cc3ccc(N4CCCC4)c(C)c3)c(=O)n2C1c1ccccc1OC. The van der Waals surface area contributed by atoms with Crippen LogP contribution in [0.3, 0.4) is 0 Å². The fourth-order valence-electron chi connectivity index (χ4n) is 5.30. The Morgan fingerprint density at radius 2 is 1.87 bits per heavy atom. The number of thiazole rings is 1. The standard InChI is InChI=1S/C30H33N3O5S/c1-19-17-21(11-12-23(19)32-13-7-8-14-32)18-25-28(34)33-27(22-9-5-6-10-24(22)37-4)26(20(2)31-30(33)39-25)29(35)38-16-15-36-3/h5-6,9-12,17-18,27H,7-8,13-16H2,1-4H3. The lowest BCUT2D eigenvalue weighted by atomic mass is 9.95. The number of para-hydroxylation sites is 1. The van der Waals surface area contributed by atoms with Crippen molar-refractivity contribution in [3.05, 3.63) is 90.1 Å². The maximum atomic E-state index is 13.9. The maximum Gasteiger partial charge on any atom is 0.338 e. The number of nitrogens with zero attached hydrogens (tertiary/aromatic N) is 3. The Morgan fingerprint density at radius 3 is 2.59 bits per heavy atom. The summed E-state index contributed by atoms with van der Waals surface area (Å²) < 4.78 is 18.3. The number of ether oxygens (including phenoxy) is 3. The molecule has 1 atom stereocenters. The highest BCUT2D eigenvalue weighted by Gasteiger charge is 2.35. The smallest absolute Gasteiger partial charge is 0.338 e. The van der Waals surface area contributed by atoms with Crippen LogP contribution in [0.2, 0.25) is 0 Å². The Hall–Kier alpha value is -3.69. The third-order valence-electron chi connectivity index (χ3n) is 7.16. The third-order valence-corrected chi connectivity index (χ3v) is 8.14. The van der Waals surface area contributed by atoms with Gasteiger partial charge in [0.05, 0.1) is 29.5 Å². The molecule has 0 bridgehead atoms. The molecule has 39 heavy (non-hydrogen) atoms. The van der Waals surface area contributed by atoms with E-state index in [0.717, 1.165) is 18.7 Å². The minimum absolute atomic E-state index is 0.0992. The number of benzene rings is 2. The number of carbonyl (C=O) groups excluding carboxylic acids is 1. The largest absolute Gasteiger partial charge is 0.496 e. The summed E-state index contributed by atoms with van der Waals surface area (Å²) in [5.41, 5.74) is 4.66. The van der Waals surface area contributed by atoms with Gasteiger partial charge in [-0.15, -0.1) is 0 Å². The second kappa shape index (κ2) is 11.6. The van der Waals surface area contributed by atoms with Crippen LogP contribution in [-0.4, -0.2) is 51.1 Å². The Morgan fingerprint density at radius 1 is 1.10 bits per heavy atom. The fraction of sp³-hybridized carbons (Fsp3) is 0.367. The van der Waals surface area contributed by atoms with Gasteiger partial charge in [0.2, 0.25) is 0 Å². The molecule has 1 aromatic heterocycles. The molecule has 0 N–H and O–H groups in total. The summed E-state index contributed by atoms with van der Waals surface area (Å²) in [6.07, 6.45) is 4.34. The summed E-state index contributed by atoms with van der Waals surface area (Å²) in [5.74, 6) is 0.0358. The zero-order chi connectivity index (χ0) is 27.5. The molecular formula is C30H33N3O5S. The topological polar surface area (TPSA) is 82.4 Å². The van der Waals surface area contributed by atoms with Crippen molar-refractivity contribution in [1.29, 1.82) is 0 Å². The molecule has 0 amide bonds. The average molecular weight is 548 g/mol. The summed E-state index contributed by atoms with van der Waals surface area (Å²) >= 11 is 1.31. The molecule has 1 fully saturated rings. The van der Waals surface area contributed by atoms with E-state index in [9.17, 15) is 9.59 Å². The minimum Gasteiger partial charge on any atom is -0.496 e. The number of fused-ring (bicyclic) bond motifs is 1. The summed E-state index contributed by atoms with van der Waals surface area (Å²) in [6, 6.07) is 13.0. The molecule has 0 saturated carbocycles. The predicted octanol–water partition coefficient (Wildman–Crippen LogP) is 3.34. The van der Waals surface area contributed by atoms with Gasteiger partial charge in [-0.05, 0) is 62.1 Å². The van der Waals surface area contributed by atoms with E-state index < -0.39 is 12.0 Å². The molecule has 0 aliphatic carbocycles. The van der Waals surface area contributed by atoms with Crippen molar-refractivity contribution in [3.8, 4) is 5.75 Å². The van der Waals surface area contributed by atoms with Gasteiger partial charge >= 0.3 is 5.97 Å². The highest BCUT2D eigenvalue weighted by Crippen LogP contribution is 2.35. The van der Waals surface area contributed by atoms with Crippen LogP contribution >= 0.6 is 11.3 Å². The van der Waals surface area contributed by atoms with E-state index in [1.165, 1.54) is 35.4 Å². The van der Waals surface area contributed by atoms with Gasteiger partial charge in [-0.3, -0.25) is 9.36 Å². The van der Waals surface area contributed by atoms with Gasteiger partial charge in [-0.2, -0.15) is 0 Å². The van der Waals surface area contributed by atoms with E-state index in [1.807, 2.05) is 30.3 Å². The van der Waals surface area contributed by atoms with Gasteiger partial charge < -0.3 is 19.1 Å². The minimum atomic E-state index is -0.742. The second-order valence-electron chi connectivity index (χ2n) is 9.69. The number of methoxy groups -OCH3 is 2. The monoisotopic (exact) mass is 547 g/mol. The molecule has 1 saturated heterocycles. The number of allylic oxidation sites excluding steroid dienone is 1. The van der Waals surface area contributed by atoms with Crippen LogP contribution in [0.5, 0.6) is 5.75 Å². The summed E-state index contributed by atoms with van der Waals surface area (Å²) in [5, 5.41) is 0. The van der Waals surface area contributed by atoms with Crippen LogP contribution in [0, 0.1) is 6.92 Å². The van der Waals surface area contributed by atoms with Crippen LogP contribution in [0.4, 0.5) is 5.69 Å². The molecule has 0 spiro atoms. The number of carbonyl (C=O) groups is 1. The number of hydrogen-bond acceptors (Lipinski definition) is 8. The second-order valence-corrected chi connectivity index (χ2v) is 10.7. The average Bonchev–Trinajstić information content (AvgIpc) is 3.56.